The number of halogens is 3. The Balaban J connectivity index is 1.95. The molecule has 3 aromatic rings. The zero-order valence-electron chi connectivity index (χ0n) is 17.4. The normalized spacial score (nSPS) is 17.5. The zero-order chi connectivity index (χ0) is 23.7. The van der Waals surface area contributed by atoms with Crippen LogP contribution in [0.15, 0.2) is 72.3 Å². The number of amides is 1. The van der Waals surface area contributed by atoms with E-state index in [4.69, 9.17) is 16.3 Å². The van der Waals surface area contributed by atoms with E-state index >= 15 is 0 Å². The van der Waals surface area contributed by atoms with Crippen molar-refractivity contribution in [2.45, 2.75) is 13.0 Å². The minimum Gasteiger partial charge on any atom is -0.507 e. The van der Waals surface area contributed by atoms with Crippen molar-refractivity contribution in [2.24, 2.45) is 0 Å². The summed E-state index contributed by atoms with van der Waals surface area (Å²) in [5.74, 6) is -4.14. The van der Waals surface area contributed by atoms with Gasteiger partial charge in [0.25, 0.3) is 11.7 Å². The van der Waals surface area contributed by atoms with Crippen molar-refractivity contribution in [3.63, 3.8) is 0 Å². The van der Waals surface area contributed by atoms with E-state index in [-0.39, 0.29) is 16.8 Å². The van der Waals surface area contributed by atoms with Gasteiger partial charge in [-0.1, -0.05) is 23.7 Å². The highest BCUT2D eigenvalue weighted by Crippen LogP contribution is 2.43. The number of anilines is 1. The number of ether oxygens (including phenoxy) is 1. The molecule has 0 radical (unpaired) electrons. The molecule has 33 heavy (non-hydrogen) atoms. The molecule has 1 unspecified atom stereocenters. The van der Waals surface area contributed by atoms with Gasteiger partial charge in [0.2, 0.25) is 0 Å². The molecule has 3 aromatic carbocycles. The van der Waals surface area contributed by atoms with Gasteiger partial charge in [0.15, 0.2) is 11.6 Å². The van der Waals surface area contributed by atoms with Gasteiger partial charge >= 0.3 is 0 Å². The maximum absolute atomic E-state index is 14.0. The van der Waals surface area contributed by atoms with Crippen molar-refractivity contribution >= 4 is 34.7 Å². The van der Waals surface area contributed by atoms with Crippen LogP contribution in [0.2, 0.25) is 5.02 Å². The quantitative estimate of drug-likeness (QED) is 0.298. The number of benzene rings is 3. The molecular weight excluding hydrogens is 452 g/mol. The summed E-state index contributed by atoms with van der Waals surface area (Å²) in [6.45, 7) is 2.19. The van der Waals surface area contributed by atoms with Crippen LogP contribution in [-0.4, -0.2) is 23.4 Å². The molecule has 5 nitrogen and oxygen atoms in total. The molecular formula is C25H18ClF2NO4. The minimum atomic E-state index is -1.17. The Bertz CT molecular complexity index is 1270. The fourth-order valence-electron chi connectivity index (χ4n) is 3.75. The van der Waals surface area contributed by atoms with Crippen molar-refractivity contribution < 1.29 is 28.2 Å². The molecule has 0 bridgehead atoms. The smallest absolute Gasteiger partial charge is 0.300 e. The van der Waals surface area contributed by atoms with Crippen molar-refractivity contribution in [2.75, 3.05) is 11.5 Å². The highest BCUT2D eigenvalue weighted by Gasteiger charge is 2.47. The number of Topliss-reactive ketones (excluding diaryl/α,β-unsaturated/α-hetero) is 1. The number of rotatable bonds is 5. The van der Waals surface area contributed by atoms with Gasteiger partial charge in [0, 0.05) is 22.3 Å². The number of carbonyl (C=O) groups excluding carboxylic acids is 2. The highest BCUT2D eigenvalue weighted by atomic mass is 35.5. The highest BCUT2D eigenvalue weighted by molar-refractivity contribution is 6.51. The lowest BCUT2D eigenvalue weighted by Gasteiger charge is -2.26. The second-order valence-electron chi connectivity index (χ2n) is 7.28. The number of aliphatic hydroxyl groups is 1. The van der Waals surface area contributed by atoms with Gasteiger partial charge in [0.05, 0.1) is 18.2 Å². The molecule has 8 heteroatoms. The predicted molar refractivity (Wildman–Crippen MR) is 120 cm³/mol. The molecule has 1 fully saturated rings. The summed E-state index contributed by atoms with van der Waals surface area (Å²) >= 11 is 5.92. The molecule has 1 aliphatic rings. The number of carbonyl (C=O) groups is 2. The number of hydrogen-bond acceptors (Lipinski definition) is 4. The van der Waals surface area contributed by atoms with E-state index in [1.54, 1.807) is 31.2 Å². The van der Waals surface area contributed by atoms with Crippen LogP contribution in [0.5, 0.6) is 5.75 Å². The Labute approximate surface area is 193 Å². The maximum Gasteiger partial charge on any atom is 0.300 e. The molecule has 4 rings (SSSR count). The van der Waals surface area contributed by atoms with E-state index < -0.39 is 35.1 Å². The third-order valence-electron chi connectivity index (χ3n) is 5.23. The first-order chi connectivity index (χ1) is 15.8. The van der Waals surface area contributed by atoms with Crippen LogP contribution in [0, 0.1) is 11.6 Å². The number of nitrogens with zero attached hydrogens (tertiary/aromatic N) is 1. The van der Waals surface area contributed by atoms with Crippen molar-refractivity contribution in [1.29, 1.82) is 0 Å². The average molecular weight is 470 g/mol. The second kappa shape index (κ2) is 9.03. The van der Waals surface area contributed by atoms with Gasteiger partial charge in [-0.3, -0.25) is 14.5 Å². The molecule has 1 heterocycles. The van der Waals surface area contributed by atoms with Gasteiger partial charge in [-0.05, 0) is 61.0 Å². The third-order valence-corrected chi connectivity index (χ3v) is 5.48. The van der Waals surface area contributed by atoms with Gasteiger partial charge in [0.1, 0.15) is 11.5 Å². The Hall–Kier alpha value is -3.71. The molecule has 1 N–H and O–H groups in total. The first-order valence-corrected chi connectivity index (χ1v) is 10.4. The lowest BCUT2D eigenvalue weighted by Crippen LogP contribution is -2.29. The maximum atomic E-state index is 14.0. The summed E-state index contributed by atoms with van der Waals surface area (Å²) in [5.41, 5.74) is 0.493. The van der Waals surface area contributed by atoms with Crippen molar-refractivity contribution in [3.05, 3.63) is 100 Å². The molecule has 1 amide bonds. The molecule has 0 aliphatic carbocycles. The lowest BCUT2D eigenvalue weighted by molar-refractivity contribution is -0.132. The average Bonchev–Trinajstić information content (AvgIpc) is 3.07. The number of hydrogen-bond donors (Lipinski definition) is 1. The van der Waals surface area contributed by atoms with Crippen LogP contribution in [-0.2, 0) is 9.59 Å². The summed E-state index contributed by atoms with van der Waals surface area (Å²) in [4.78, 5) is 27.2. The monoisotopic (exact) mass is 469 g/mol. The molecule has 0 spiro atoms. The SMILES string of the molecule is CCOc1cccc(C2/C(=C(\O)c3ccc(Cl)cc3)C(=O)C(=O)N2c2ccc(F)c(F)c2)c1. The second-order valence-corrected chi connectivity index (χ2v) is 7.72. The first kappa shape index (κ1) is 22.5. The standard InChI is InChI=1S/C25H18ClF2NO4/c1-2-33-18-5-3-4-15(12-18)22-21(23(30)14-6-8-16(26)9-7-14)24(31)25(32)29(22)17-10-11-19(27)20(28)13-17/h3-13,22,30H,2H2,1H3/b23-21+. The van der Waals surface area contributed by atoms with E-state index in [1.165, 1.54) is 30.3 Å². The molecule has 0 saturated carbocycles. The van der Waals surface area contributed by atoms with Gasteiger partial charge in [-0.25, -0.2) is 8.78 Å². The first-order valence-electron chi connectivity index (χ1n) is 10.1. The Morgan fingerprint density at radius 3 is 2.42 bits per heavy atom. The molecule has 1 atom stereocenters. The van der Waals surface area contributed by atoms with E-state index in [1.807, 2.05) is 0 Å². The summed E-state index contributed by atoms with van der Waals surface area (Å²) in [5, 5.41) is 11.5. The Morgan fingerprint density at radius 1 is 1.03 bits per heavy atom. The van der Waals surface area contributed by atoms with Crippen LogP contribution in [0.1, 0.15) is 24.1 Å². The van der Waals surface area contributed by atoms with Crippen molar-refractivity contribution in [3.8, 4) is 5.75 Å². The fourth-order valence-corrected chi connectivity index (χ4v) is 3.88. The third kappa shape index (κ3) is 4.19. The molecule has 1 aliphatic heterocycles. The number of aliphatic hydroxyl groups excluding tert-OH is 1. The van der Waals surface area contributed by atoms with E-state index in [2.05, 4.69) is 0 Å². The lowest BCUT2D eigenvalue weighted by atomic mass is 9.95. The summed E-state index contributed by atoms with van der Waals surface area (Å²) in [6.07, 6.45) is 0. The van der Waals surface area contributed by atoms with E-state index in [0.717, 1.165) is 17.0 Å². The topological polar surface area (TPSA) is 66.8 Å². The van der Waals surface area contributed by atoms with Gasteiger partial charge in [-0.2, -0.15) is 0 Å². The molecule has 1 saturated heterocycles. The Morgan fingerprint density at radius 2 is 1.76 bits per heavy atom. The summed E-state index contributed by atoms with van der Waals surface area (Å²) in [6, 6.07) is 14.6. The minimum absolute atomic E-state index is 0.0297. The molecule has 0 aromatic heterocycles. The zero-order valence-corrected chi connectivity index (χ0v) is 18.1. The largest absolute Gasteiger partial charge is 0.507 e. The van der Waals surface area contributed by atoms with E-state index in [0.29, 0.717) is 22.9 Å². The van der Waals surface area contributed by atoms with Gasteiger partial charge < -0.3 is 9.84 Å². The van der Waals surface area contributed by atoms with Crippen LogP contribution in [0.3, 0.4) is 0 Å². The summed E-state index contributed by atoms with van der Waals surface area (Å²) < 4.78 is 33.1. The van der Waals surface area contributed by atoms with Crippen molar-refractivity contribution in [1.82, 2.24) is 0 Å². The van der Waals surface area contributed by atoms with Crippen LogP contribution in [0.4, 0.5) is 14.5 Å². The van der Waals surface area contributed by atoms with Crippen LogP contribution in [0.25, 0.3) is 5.76 Å². The summed E-state index contributed by atoms with van der Waals surface area (Å²) in [7, 11) is 0. The van der Waals surface area contributed by atoms with Gasteiger partial charge in [-0.15, -0.1) is 0 Å². The van der Waals surface area contributed by atoms with E-state index in [9.17, 15) is 23.5 Å². The number of ketones is 1. The van der Waals surface area contributed by atoms with Crippen LogP contribution >= 0.6 is 11.6 Å². The fraction of sp³-hybridized carbons (Fsp3) is 0.120. The van der Waals surface area contributed by atoms with Crippen LogP contribution < -0.4 is 9.64 Å². The predicted octanol–water partition coefficient (Wildman–Crippen LogP) is 5.64. The molecule has 168 valence electrons. The Kier molecular flexibility index (Phi) is 6.16.